The molecule has 0 atom stereocenters. The molecule has 1 N–H and O–H groups in total. The zero-order chi connectivity index (χ0) is 22.9. The van der Waals surface area contributed by atoms with Crippen LogP contribution in [0.1, 0.15) is 24.7 Å². The summed E-state index contributed by atoms with van der Waals surface area (Å²) in [6.45, 7) is 2.41. The van der Waals surface area contributed by atoms with Gasteiger partial charge < -0.3 is 19.5 Å². The molecule has 6 nitrogen and oxygen atoms in total. The number of furan rings is 1. The van der Waals surface area contributed by atoms with Crippen LogP contribution in [0.3, 0.4) is 0 Å². The van der Waals surface area contributed by atoms with Gasteiger partial charge in [0.25, 0.3) is 0 Å². The molecule has 0 bridgehead atoms. The van der Waals surface area contributed by atoms with Crippen LogP contribution >= 0.6 is 0 Å². The predicted octanol–water partition coefficient (Wildman–Crippen LogP) is 5.03. The second-order valence-corrected chi connectivity index (χ2v) is 7.29. The fraction of sp³-hybridized carbons (Fsp3) is 0.250. The largest absolute Gasteiger partial charge is 0.467 e. The first-order chi connectivity index (χ1) is 15.5. The maximum absolute atomic E-state index is 13.9. The van der Waals surface area contributed by atoms with Crippen LogP contribution in [0.25, 0.3) is 0 Å². The second-order valence-electron chi connectivity index (χ2n) is 7.29. The van der Waals surface area contributed by atoms with Crippen molar-refractivity contribution in [2.75, 3.05) is 18.4 Å². The van der Waals surface area contributed by atoms with Crippen molar-refractivity contribution in [3.8, 4) is 0 Å². The fourth-order valence-electron chi connectivity index (χ4n) is 3.18. The molecule has 3 rings (SSSR count). The summed E-state index contributed by atoms with van der Waals surface area (Å²) in [7, 11) is 0. The highest BCUT2D eigenvalue weighted by atomic mass is 19.1. The van der Waals surface area contributed by atoms with Gasteiger partial charge in [-0.25, -0.2) is 13.6 Å². The first-order valence-corrected chi connectivity index (χ1v) is 10.3. The first-order valence-electron chi connectivity index (χ1n) is 10.3. The van der Waals surface area contributed by atoms with E-state index in [0.29, 0.717) is 18.7 Å². The molecule has 1 heterocycles. The summed E-state index contributed by atoms with van der Waals surface area (Å²) in [4.78, 5) is 28.8. The fourth-order valence-corrected chi connectivity index (χ4v) is 3.18. The number of amides is 3. The number of benzene rings is 2. The van der Waals surface area contributed by atoms with E-state index < -0.39 is 11.8 Å². The van der Waals surface area contributed by atoms with E-state index in [-0.39, 0.29) is 37.0 Å². The maximum Gasteiger partial charge on any atom is 0.322 e. The molecule has 168 valence electrons. The number of carbonyl (C=O) groups excluding carboxylic acids is 2. The number of nitrogens with zero attached hydrogens (tertiary/aromatic N) is 2. The normalized spacial score (nSPS) is 10.6. The quantitative estimate of drug-likeness (QED) is 0.507. The number of nitrogens with one attached hydrogen (secondary N) is 1. The third-order valence-electron chi connectivity index (χ3n) is 4.79. The summed E-state index contributed by atoms with van der Waals surface area (Å²) in [5.74, 6) is -0.655. The number of halogens is 2. The molecule has 3 aromatic rings. The zero-order valence-corrected chi connectivity index (χ0v) is 17.8. The van der Waals surface area contributed by atoms with Crippen molar-refractivity contribution in [3.63, 3.8) is 0 Å². The Morgan fingerprint density at radius 3 is 2.34 bits per heavy atom. The van der Waals surface area contributed by atoms with Crippen LogP contribution in [0.5, 0.6) is 0 Å². The molecular formula is C24H25F2N3O3. The molecule has 0 fully saturated rings. The van der Waals surface area contributed by atoms with E-state index in [0.717, 1.165) is 5.56 Å². The summed E-state index contributed by atoms with van der Waals surface area (Å²) in [5, 5.41) is 2.52. The lowest BCUT2D eigenvalue weighted by Crippen LogP contribution is -2.44. The predicted molar refractivity (Wildman–Crippen MR) is 117 cm³/mol. The topological polar surface area (TPSA) is 65.8 Å². The number of hydrogen-bond donors (Lipinski definition) is 1. The van der Waals surface area contributed by atoms with Crippen LogP contribution in [0.15, 0.2) is 71.3 Å². The summed E-state index contributed by atoms with van der Waals surface area (Å²) < 4.78 is 32.6. The summed E-state index contributed by atoms with van der Waals surface area (Å²) in [5.41, 5.74) is 0.786. The molecule has 0 saturated heterocycles. The van der Waals surface area contributed by atoms with Crippen molar-refractivity contribution >= 4 is 17.6 Å². The molecule has 1 aromatic heterocycles. The van der Waals surface area contributed by atoms with E-state index in [4.69, 9.17) is 4.42 Å². The second kappa shape index (κ2) is 11.1. The monoisotopic (exact) mass is 441 g/mol. The van der Waals surface area contributed by atoms with Crippen molar-refractivity contribution in [2.24, 2.45) is 0 Å². The van der Waals surface area contributed by atoms with Crippen molar-refractivity contribution in [3.05, 3.63) is 89.9 Å². The van der Waals surface area contributed by atoms with Crippen LogP contribution in [0.4, 0.5) is 19.3 Å². The van der Waals surface area contributed by atoms with Gasteiger partial charge in [0.2, 0.25) is 5.91 Å². The van der Waals surface area contributed by atoms with Crippen molar-refractivity contribution < 1.29 is 22.8 Å². The van der Waals surface area contributed by atoms with Gasteiger partial charge in [-0.05, 0) is 48.4 Å². The van der Waals surface area contributed by atoms with Crippen molar-refractivity contribution in [2.45, 2.75) is 26.4 Å². The van der Waals surface area contributed by atoms with E-state index in [1.54, 1.807) is 30.3 Å². The van der Waals surface area contributed by atoms with Crippen LogP contribution in [-0.2, 0) is 17.9 Å². The lowest BCUT2D eigenvalue weighted by molar-refractivity contribution is -0.133. The third kappa shape index (κ3) is 6.41. The Morgan fingerprint density at radius 1 is 0.938 bits per heavy atom. The SMILES string of the molecule is CCCN(CC(=O)N(Cc1ccc(F)cc1)Cc1ccco1)C(=O)Nc1ccccc1F. The maximum atomic E-state index is 13.9. The molecule has 0 spiro atoms. The number of rotatable bonds is 9. The van der Waals surface area contributed by atoms with Gasteiger partial charge in [-0.15, -0.1) is 0 Å². The minimum Gasteiger partial charge on any atom is -0.467 e. The number of para-hydroxylation sites is 1. The van der Waals surface area contributed by atoms with Gasteiger partial charge in [-0.3, -0.25) is 4.79 Å². The van der Waals surface area contributed by atoms with Gasteiger partial charge in [0.1, 0.15) is 23.9 Å². The van der Waals surface area contributed by atoms with E-state index in [2.05, 4.69) is 5.32 Å². The summed E-state index contributed by atoms with van der Waals surface area (Å²) >= 11 is 0. The lowest BCUT2D eigenvalue weighted by Gasteiger charge is -2.27. The van der Waals surface area contributed by atoms with Crippen LogP contribution in [-0.4, -0.2) is 34.8 Å². The van der Waals surface area contributed by atoms with Gasteiger partial charge in [-0.1, -0.05) is 31.2 Å². The Morgan fingerprint density at radius 2 is 1.69 bits per heavy atom. The van der Waals surface area contributed by atoms with Gasteiger partial charge in [-0.2, -0.15) is 0 Å². The zero-order valence-electron chi connectivity index (χ0n) is 17.8. The van der Waals surface area contributed by atoms with E-state index >= 15 is 0 Å². The standard InChI is InChI=1S/C24H25F2N3O3/c1-2-13-28(24(31)27-22-8-4-3-7-21(22)26)17-23(30)29(16-20-6-5-14-32-20)15-18-9-11-19(25)12-10-18/h3-12,14H,2,13,15-17H2,1H3,(H,27,31). The molecule has 8 heteroatoms. The molecular weight excluding hydrogens is 416 g/mol. The minimum absolute atomic E-state index is 0.0461. The molecule has 0 radical (unpaired) electrons. The average molecular weight is 441 g/mol. The van der Waals surface area contributed by atoms with E-state index in [1.807, 2.05) is 6.92 Å². The molecule has 2 aromatic carbocycles. The number of anilines is 1. The van der Waals surface area contributed by atoms with Crippen LogP contribution in [0, 0.1) is 11.6 Å². The molecule has 0 aliphatic heterocycles. The Kier molecular flexibility index (Phi) is 7.96. The highest BCUT2D eigenvalue weighted by Gasteiger charge is 2.22. The Balaban J connectivity index is 1.74. The molecule has 0 aliphatic rings. The highest BCUT2D eigenvalue weighted by Crippen LogP contribution is 2.15. The van der Waals surface area contributed by atoms with Crippen LogP contribution in [0.2, 0.25) is 0 Å². The molecule has 0 saturated carbocycles. The number of urea groups is 1. The Bertz CT molecular complexity index is 1020. The Labute approximate surface area is 185 Å². The van der Waals surface area contributed by atoms with Crippen LogP contribution < -0.4 is 5.32 Å². The van der Waals surface area contributed by atoms with Crippen molar-refractivity contribution in [1.82, 2.24) is 9.80 Å². The van der Waals surface area contributed by atoms with Gasteiger partial charge in [0.05, 0.1) is 18.5 Å². The van der Waals surface area contributed by atoms with Gasteiger partial charge >= 0.3 is 6.03 Å². The summed E-state index contributed by atoms with van der Waals surface area (Å²) in [6.07, 6.45) is 2.13. The van der Waals surface area contributed by atoms with Gasteiger partial charge in [0.15, 0.2) is 0 Å². The van der Waals surface area contributed by atoms with Crippen molar-refractivity contribution in [1.29, 1.82) is 0 Å². The number of carbonyl (C=O) groups is 2. The molecule has 0 unspecified atom stereocenters. The number of hydrogen-bond acceptors (Lipinski definition) is 3. The lowest BCUT2D eigenvalue weighted by atomic mass is 10.2. The Hall–Kier alpha value is -3.68. The third-order valence-corrected chi connectivity index (χ3v) is 4.79. The average Bonchev–Trinajstić information content (AvgIpc) is 3.29. The molecule has 32 heavy (non-hydrogen) atoms. The van der Waals surface area contributed by atoms with Gasteiger partial charge in [0, 0.05) is 13.1 Å². The summed E-state index contributed by atoms with van der Waals surface area (Å²) in [6, 6.07) is 14.6. The minimum atomic E-state index is -0.565. The van der Waals surface area contributed by atoms with E-state index in [1.165, 1.54) is 46.4 Å². The molecule has 3 amide bonds. The smallest absolute Gasteiger partial charge is 0.322 e. The highest BCUT2D eigenvalue weighted by molar-refractivity contribution is 5.92. The first kappa shape index (κ1) is 23.0. The van der Waals surface area contributed by atoms with E-state index in [9.17, 15) is 18.4 Å². The molecule has 0 aliphatic carbocycles.